The molecule has 2 rings (SSSR count). The molecule has 1 amide bonds. The van der Waals surface area contributed by atoms with Gasteiger partial charge in [-0.25, -0.2) is 4.98 Å². The maximum absolute atomic E-state index is 12.0. The number of nitrogens with one attached hydrogen (secondary N) is 2. The van der Waals surface area contributed by atoms with E-state index in [1.54, 1.807) is 12.3 Å². The Hall–Kier alpha value is -2.56. The van der Waals surface area contributed by atoms with Crippen LogP contribution in [0.3, 0.4) is 0 Å². The number of pyridine rings is 1. The molecule has 0 atom stereocenters. The molecule has 0 bridgehead atoms. The van der Waals surface area contributed by atoms with Crippen molar-refractivity contribution >= 4 is 23.1 Å². The number of rotatable bonds is 7. The minimum atomic E-state index is -0.103. The smallest absolute Gasteiger partial charge is 0.253 e. The number of aryl methyl sites for hydroxylation is 1. The number of carbonyl (C=O) groups is 1. The van der Waals surface area contributed by atoms with Gasteiger partial charge in [0.05, 0.1) is 5.56 Å². The third-order valence-corrected chi connectivity index (χ3v) is 4.05. The van der Waals surface area contributed by atoms with Gasteiger partial charge in [0.25, 0.3) is 5.91 Å². The standard InChI is InChI=1S/C20H28N4O/c1-6-24(7-2)17-9-10-18(15(5)12-17)23-19-11-8-16(13-21-19)20(25)22-14(3)4/h8-14H,6-7H2,1-5H3,(H,21,23)(H,22,25). The van der Waals surface area contributed by atoms with Crippen molar-refractivity contribution in [2.24, 2.45) is 0 Å². The third-order valence-electron chi connectivity index (χ3n) is 4.05. The minimum absolute atomic E-state index is 0.103. The Labute approximate surface area is 150 Å². The fourth-order valence-electron chi connectivity index (χ4n) is 2.66. The van der Waals surface area contributed by atoms with Gasteiger partial charge in [-0.2, -0.15) is 0 Å². The molecule has 0 fully saturated rings. The van der Waals surface area contributed by atoms with Crippen LogP contribution in [0.15, 0.2) is 36.5 Å². The zero-order chi connectivity index (χ0) is 18.4. The average molecular weight is 340 g/mol. The van der Waals surface area contributed by atoms with Crippen LogP contribution in [0, 0.1) is 6.92 Å². The van der Waals surface area contributed by atoms with E-state index in [0.717, 1.165) is 30.2 Å². The van der Waals surface area contributed by atoms with E-state index < -0.39 is 0 Å². The van der Waals surface area contributed by atoms with Crippen molar-refractivity contribution in [3.63, 3.8) is 0 Å². The maximum Gasteiger partial charge on any atom is 0.253 e. The first-order valence-electron chi connectivity index (χ1n) is 8.84. The van der Waals surface area contributed by atoms with Gasteiger partial charge in [0.15, 0.2) is 0 Å². The lowest BCUT2D eigenvalue weighted by atomic mass is 10.1. The molecule has 25 heavy (non-hydrogen) atoms. The summed E-state index contributed by atoms with van der Waals surface area (Å²) in [6.45, 7) is 12.3. The average Bonchev–Trinajstić information content (AvgIpc) is 2.58. The maximum atomic E-state index is 12.0. The Balaban J connectivity index is 2.10. The number of hydrogen-bond acceptors (Lipinski definition) is 4. The van der Waals surface area contributed by atoms with Gasteiger partial charge in [-0.05, 0) is 70.5 Å². The highest BCUT2D eigenvalue weighted by molar-refractivity contribution is 5.94. The Morgan fingerprint density at radius 1 is 1.16 bits per heavy atom. The fourth-order valence-corrected chi connectivity index (χ4v) is 2.66. The summed E-state index contributed by atoms with van der Waals surface area (Å²) < 4.78 is 0. The van der Waals surface area contributed by atoms with Crippen LogP contribution in [-0.4, -0.2) is 30.0 Å². The van der Waals surface area contributed by atoms with E-state index in [-0.39, 0.29) is 11.9 Å². The summed E-state index contributed by atoms with van der Waals surface area (Å²) >= 11 is 0. The lowest BCUT2D eigenvalue weighted by Gasteiger charge is -2.22. The molecule has 0 unspecified atom stereocenters. The van der Waals surface area contributed by atoms with Crippen LogP contribution in [0.4, 0.5) is 17.2 Å². The van der Waals surface area contributed by atoms with E-state index in [4.69, 9.17) is 0 Å². The zero-order valence-corrected chi connectivity index (χ0v) is 15.8. The molecule has 0 radical (unpaired) electrons. The van der Waals surface area contributed by atoms with Crippen molar-refractivity contribution in [2.75, 3.05) is 23.3 Å². The number of nitrogens with zero attached hydrogens (tertiary/aromatic N) is 2. The first-order valence-corrected chi connectivity index (χ1v) is 8.84. The predicted molar refractivity (Wildman–Crippen MR) is 105 cm³/mol. The number of benzene rings is 1. The SMILES string of the molecule is CCN(CC)c1ccc(Nc2ccc(C(=O)NC(C)C)cn2)c(C)c1. The van der Waals surface area contributed by atoms with E-state index in [2.05, 4.69) is 59.5 Å². The van der Waals surface area contributed by atoms with Crippen molar-refractivity contribution in [1.29, 1.82) is 0 Å². The van der Waals surface area contributed by atoms with Crippen molar-refractivity contribution in [1.82, 2.24) is 10.3 Å². The van der Waals surface area contributed by atoms with Crippen molar-refractivity contribution < 1.29 is 4.79 Å². The lowest BCUT2D eigenvalue weighted by molar-refractivity contribution is 0.0943. The zero-order valence-electron chi connectivity index (χ0n) is 15.8. The first-order chi connectivity index (χ1) is 11.9. The monoisotopic (exact) mass is 340 g/mol. The highest BCUT2D eigenvalue weighted by atomic mass is 16.1. The second kappa shape index (κ2) is 8.51. The summed E-state index contributed by atoms with van der Waals surface area (Å²) in [5.74, 6) is 0.619. The van der Waals surface area contributed by atoms with Gasteiger partial charge in [0.1, 0.15) is 5.82 Å². The van der Waals surface area contributed by atoms with Crippen LogP contribution >= 0.6 is 0 Å². The fraction of sp³-hybridized carbons (Fsp3) is 0.400. The molecule has 0 saturated heterocycles. The Morgan fingerprint density at radius 2 is 1.88 bits per heavy atom. The van der Waals surface area contributed by atoms with Gasteiger partial charge < -0.3 is 15.5 Å². The second-order valence-electron chi connectivity index (χ2n) is 6.36. The van der Waals surface area contributed by atoms with Gasteiger partial charge in [-0.1, -0.05) is 0 Å². The van der Waals surface area contributed by atoms with Gasteiger partial charge in [0.2, 0.25) is 0 Å². The van der Waals surface area contributed by atoms with Crippen molar-refractivity contribution in [3.8, 4) is 0 Å². The van der Waals surface area contributed by atoms with Crippen LogP contribution < -0.4 is 15.5 Å². The third kappa shape index (κ3) is 4.95. The molecule has 5 nitrogen and oxygen atoms in total. The summed E-state index contributed by atoms with van der Waals surface area (Å²) in [5.41, 5.74) is 3.96. The number of aromatic nitrogens is 1. The molecule has 1 aromatic carbocycles. The molecular formula is C20H28N4O. The summed E-state index contributed by atoms with van der Waals surface area (Å²) in [7, 11) is 0. The number of hydrogen-bond donors (Lipinski definition) is 2. The molecule has 2 N–H and O–H groups in total. The quantitative estimate of drug-likeness (QED) is 0.796. The molecular weight excluding hydrogens is 312 g/mol. The second-order valence-corrected chi connectivity index (χ2v) is 6.36. The molecule has 2 aromatic rings. The topological polar surface area (TPSA) is 57.3 Å². The van der Waals surface area contributed by atoms with Crippen molar-refractivity contribution in [3.05, 3.63) is 47.7 Å². The van der Waals surface area contributed by atoms with Gasteiger partial charge >= 0.3 is 0 Å². The molecule has 1 heterocycles. The molecule has 134 valence electrons. The Morgan fingerprint density at radius 3 is 2.40 bits per heavy atom. The van der Waals surface area contributed by atoms with Crippen molar-refractivity contribution in [2.45, 2.75) is 40.7 Å². The Kier molecular flexibility index (Phi) is 6.39. The van der Waals surface area contributed by atoms with Crippen LogP contribution in [0.5, 0.6) is 0 Å². The lowest BCUT2D eigenvalue weighted by Crippen LogP contribution is -2.30. The summed E-state index contributed by atoms with van der Waals surface area (Å²) in [6, 6.07) is 10.1. The first kappa shape index (κ1) is 18.8. The molecule has 0 aliphatic rings. The molecule has 0 spiro atoms. The number of anilines is 3. The number of amides is 1. The van der Waals surface area contributed by atoms with Crippen LogP contribution in [0.2, 0.25) is 0 Å². The minimum Gasteiger partial charge on any atom is -0.372 e. The van der Waals surface area contributed by atoms with Gasteiger partial charge in [0, 0.05) is 36.7 Å². The van der Waals surface area contributed by atoms with E-state index >= 15 is 0 Å². The molecule has 0 aliphatic heterocycles. The Bertz CT molecular complexity index is 706. The summed E-state index contributed by atoms with van der Waals surface area (Å²) in [6.07, 6.45) is 1.60. The number of carbonyl (C=O) groups excluding carboxylic acids is 1. The highest BCUT2D eigenvalue weighted by Gasteiger charge is 2.09. The van der Waals surface area contributed by atoms with Crippen LogP contribution in [0.1, 0.15) is 43.6 Å². The van der Waals surface area contributed by atoms with E-state index in [1.807, 2.05) is 19.9 Å². The molecule has 5 heteroatoms. The highest BCUT2D eigenvalue weighted by Crippen LogP contribution is 2.25. The summed E-state index contributed by atoms with van der Waals surface area (Å²) in [5, 5.41) is 6.18. The molecule has 0 aliphatic carbocycles. The largest absolute Gasteiger partial charge is 0.372 e. The van der Waals surface area contributed by atoms with Crippen LogP contribution in [0.25, 0.3) is 0 Å². The van der Waals surface area contributed by atoms with E-state index in [9.17, 15) is 4.79 Å². The van der Waals surface area contributed by atoms with Gasteiger partial charge in [-0.15, -0.1) is 0 Å². The predicted octanol–water partition coefficient (Wildman–Crippen LogP) is 4.12. The molecule has 1 aromatic heterocycles. The van der Waals surface area contributed by atoms with Gasteiger partial charge in [-0.3, -0.25) is 4.79 Å². The summed E-state index contributed by atoms with van der Waals surface area (Å²) in [4.78, 5) is 18.6. The normalized spacial score (nSPS) is 10.6. The molecule has 0 saturated carbocycles. The van der Waals surface area contributed by atoms with E-state index in [0.29, 0.717) is 5.56 Å². The van der Waals surface area contributed by atoms with E-state index in [1.165, 1.54) is 5.69 Å². The van der Waals surface area contributed by atoms with Crippen LogP contribution in [-0.2, 0) is 0 Å².